The highest BCUT2D eigenvalue weighted by atomic mass is 16.6. The fourth-order valence-corrected chi connectivity index (χ4v) is 3.54. The molecule has 0 bridgehead atoms. The second-order valence-corrected chi connectivity index (χ2v) is 6.75. The number of nitrogens with one attached hydrogen (secondary N) is 2. The summed E-state index contributed by atoms with van der Waals surface area (Å²) < 4.78 is 0. The number of hydrogen-bond acceptors (Lipinski definition) is 5. The van der Waals surface area contributed by atoms with Crippen molar-refractivity contribution < 1.29 is 19.6 Å². The van der Waals surface area contributed by atoms with Gasteiger partial charge in [-0.1, -0.05) is 13.3 Å². The van der Waals surface area contributed by atoms with Crippen LogP contribution in [0.1, 0.15) is 49.5 Å². The predicted octanol–water partition coefficient (Wildman–Crippen LogP) is 2.62. The van der Waals surface area contributed by atoms with E-state index in [1.54, 1.807) is 0 Å². The molecule has 0 spiro atoms. The molecule has 1 aromatic heterocycles. The molecule has 1 aromatic carbocycles. The molecule has 9 heteroatoms. The minimum Gasteiger partial charge on any atom is -0.480 e. The highest BCUT2D eigenvalue weighted by Crippen LogP contribution is 2.34. The summed E-state index contributed by atoms with van der Waals surface area (Å²) in [5.74, 6) is -1.24. The molecule has 26 heavy (non-hydrogen) atoms. The van der Waals surface area contributed by atoms with Gasteiger partial charge in [0.05, 0.1) is 10.4 Å². The molecule has 1 amide bonds. The molecule has 3 rings (SSSR count). The number of rotatable bonds is 5. The number of carboxylic acid groups (broad SMARTS) is 1. The van der Waals surface area contributed by atoms with Gasteiger partial charge in [0.2, 0.25) is 0 Å². The third kappa shape index (κ3) is 3.12. The lowest BCUT2D eigenvalue weighted by atomic mass is 9.75. The highest BCUT2D eigenvalue weighted by molar-refractivity contribution is 6.06. The molecule has 0 saturated heterocycles. The summed E-state index contributed by atoms with van der Waals surface area (Å²) in [4.78, 5) is 35.0. The Bertz CT molecular complexity index is 867. The van der Waals surface area contributed by atoms with Crippen molar-refractivity contribution in [3.05, 3.63) is 34.0 Å². The summed E-state index contributed by atoms with van der Waals surface area (Å²) >= 11 is 0. The molecule has 1 fully saturated rings. The quantitative estimate of drug-likeness (QED) is 0.553. The summed E-state index contributed by atoms with van der Waals surface area (Å²) in [7, 11) is 0. The van der Waals surface area contributed by atoms with E-state index >= 15 is 0 Å². The van der Waals surface area contributed by atoms with Crippen molar-refractivity contribution in [3.8, 4) is 0 Å². The zero-order chi connectivity index (χ0) is 18.9. The van der Waals surface area contributed by atoms with Crippen molar-refractivity contribution in [1.29, 1.82) is 0 Å². The average molecular weight is 360 g/mol. The summed E-state index contributed by atoms with van der Waals surface area (Å²) in [5.41, 5.74) is -1.06. The molecule has 1 heterocycles. The fourth-order valence-electron chi connectivity index (χ4n) is 3.54. The Hall–Kier alpha value is -2.97. The maximum Gasteiger partial charge on any atom is 0.329 e. The van der Waals surface area contributed by atoms with Crippen LogP contribution in [0.5, 0.6) is 0 Å². The lowest BCUT2D eigenvalue weighted by Gasteiger charge is -2.37. The van der Waals surface area contributed by atoms with E-state index in [4.69, 9.17) is 0 Å². The van der Waals surface area contributed by atoms with E-state index < -0.39 is 22.3 Å². The normalized spacial score (nSPS) is 22.9. The van der Waals surface area contributed by atoms with Gasteiger partial charge in [-0.15, -0.1) is 0 Å². The van der Waals surface area contributed by atoms with Gasteiger partial charge in [-0.3, -0.25) is 20.0 Å². The lowest BCUT2D eigenvalue weighted by Crippen LogP contribution is -2.56. The SMILES string of the molecule is CCC1CCC(NC(=O)c2n[nH]c3ccc([N+](=O)[O-])cc23)(C(=O)O)CC1. The van der Waals surface area contributed by atoms with Gasteiger partial charge in [0, 0.05) is 17.5 Å². The summed E-state index contributed by atoms with van der Waals surface area (Å²) in [6, 6.07) is 4.04. The molecule has 9 nitrogen and oxygen atoms in total. The standard InChI is InChI=1S/C17H20N4O5/c1-2-10-5-7-17(8-6-10,16(23)24)18-15(22)14-12-9-11(21(25)26)3-4-13(12)19-20-14/h3-4,9-10H,2,5-8H2,1H3,(H,18,22)(H,19,20)(H,23,24). The Kier molecular flexibility index (Phi) is 4.62. The van der Waals surface area contributed by atoms with Crippen LogP contribution in [0.3, 0.4) is 0 Å². The largest absolute Gasteiger partial charge is 0.480 e. The van der Waals surface area contributed by atoms with Gasteiger partial charge in [0.25, 0.3) is 11.6 Å². The molecule has 1 aliphatic carbocycles. The molecule has 3 N–H and O–H groups in total. The molecule has 0 unspecified atom stereocenters. The number of hydrogen-bond donors (Lipinski definition) is 3. The molecular weight excluding hydrogens is 340 g/mol. The van der Waals surface area contributed by atoms with Gasteiger partial charge in [0.15, 0.2) is 5.69 Å². The number of benzene rings is 1. The third-order valence-corrected chi connectivity index (χ3v) is 5.27. The van der Waals surface area contributed by atoms with Crippen LogP contribution in [0, 0.1) is 16.0 Å². The Labute approximate surface area is 148 Å². The maximum atomic E-state index is 12.7. The fraction of sp³-hybridized carbons (Fsp3) is 0.471. The van der Waals surface area contributed by atoms with Gasteiger partial charge < -0.3 is 10.4 Å². The Morgan fingerprint density at radius 1 is 1.42 bits per heavy atom. The van der Waals surface area contributed by atoms with E-state index in [-0.39, 0.29) is 11.4 Å². The number of H-pyrrole nitrogens is 1. The van der Waals surface area contributed by atoms with Gasteiger partial charge in [-0.2, -0.15) is 5.10 Å². The Morgan fingerprint density at radius 3 is 2.69 bits per heavy atom. The number of nitrogens with zero attached hydrogens (tertiary/aromatic N) is 2. The number of carbonyl (C=O) groups is 2. The number of nitro benzene ring substituents is 1. The number of aromatic amines is 1. The van der Waals surface area contributed by atoms with Crippen LogP contribution in [0.2, 0.25) is 0 Å². The smallest absolute Gasteiger partial charge is 0.329 e. The second-order valence-electron chi connectivity index (χ2n) is 6.75. The molecule has 1 saturated carbocycles. The topological polar surface area (TPSA) is 138 Å². The van der Waals surface area contributed by atoms with Crippen LogP contribution >= 0.6 is 0 Å². The van der Waals surface area contributed by atoms with Gasteiger partial charge in [-0.05, 0) is 37.7 Å². The summed E-state index contributed by atoms with van der Waals surface area (Å²) in [5, 5.41) is 30.2. The number of non-ortho nitro benzene ring substituents is 1. The number of nitro groups is 1. The Morgan fingerprint density at radius 2 is 2.12 bits per heavy atom. The molecule has 2 aromatic rings. The Balaban J connectivity index is 1.89. The number of aliphatic carboxylic acids is 1. The van der Waals surface area contributed by atoms with Crippen LogP contribution in [-0.2, 0) is 4.79 Å². The van der Waals surface area contributed by atoms with Gasteiger partial charge >= 0.3 is 5.97 Å². The first-order valence-corrected chi connectivity index (χ1v) is 8.54. The highest BCUT2D eigenvalue weighted by Gasteiger charge is 2.43. The third-order valence-electron chi connectivity index (χ3n) is 5.27. The van der Waals surface area contributed by atoms with E-state index in [2.05, 4.69) is 22.4 Å². The molecular formula is C17H20N4O5. The average Bonchev–Trinajstić information content (AvgIpc) is 3.05. The van der Waals surface area contributed by atoms with Crippen molar-refractivity contribution >= 4 is 28.5 Å². The van der Waals surface area contributed by atoms with Gasteiger partial charge in [0.1, 0.15) is 5.54 Å². The molecule has 0 atom stereocenters. The second kappa shape index (κ2) is 6.74. The number of amides is 1. The maximum absolute atomic E-state index is 12.7. The van der Waals surface area contributed by atoms with Crippen LogP contribution in [0.25, 0.3) is 10.9 Å². The first-order valence-electron chi connectivity index (χ1n) is 8.54. The summed E-state index contributed by atoms with van der Waals surface area (Å²) in [6.07, 6.45) is 3.16. The van der Waals surface area contributed by atoms with E-state index in [0.29, 0.717) is 29.7 Å². The van der Waals surface area contributed by atoms with Gasteiger partial charge in [-0.25, -0.2) is 4.79 Å². The molecule has 0 aliphatic heterocycles. The van der Waals surface area contributed by atoms with Crippen molar-refractivity contribution in [2.75, 3.05) is 0 Å². The minimum absolute atomic E-state index is 0.0399. The lowest BCUT2D eigenvalue weighted by molar-refractivity contribution is -0.384. The van der Waals surface area contributed by atoms with Crippen LogP contribution in [0.4, 0.5) is 5.69 Å². The number of carbonyl (C=O) groups excluding carboxylic acids is 1. The van der Waals surface area contributed by atoms with E-state index in [1.807, 2.05) is 0 Å². The minimum atomic E-state index is -1.32. The molecule has 0 radical (unpaired) electrons. The predicted molar refractivity (Wildman–Crippen MR) is 92.8 cm³/mol. The first-order chi connectivity index (χ1) is 12.4. The number of aromatic nitrogens is 2. The van der Waals surface area contributed by atoms with Crippen molar-refractivity contribution in [2.24, 2.45) is 5.92 Å². The van der Waals surface area contributed by atoms with Crippen molar-refractivity contribution in [3.63, 3.8) is 0 Å². The van der Waals surface area contributed by atoms with Crippen LogP contribution in [0.15, 0.2) is 18.2 Å². The molecule has 1 aliphatic rings. The first kappa shape index (κ1) is 17.8. The van der Waals surface area contributed by atoms with E-state index in [0.717, 1.165) is 19.3 Å². The zero-order valence-corrected chi connectivity index (χ0v) is 14.3. The monoisotopic (exact) mass is 360 g/mol. The van der Waals surface area contributed by atoms with Crippen LogP contribution < -0.4 is 5.32 Å². The number of carboxylic acids is 1. The number of fused-ring (bicyclic) bond motifs is 1. The molecule has 138 valence electrons. The zero-order valence-electron chi connectivity index (χ0n) is 14.3. The van der Waals surface area contributed by atoms with Crippen LogP contribution in [-0.4, -0.2) is 37.6 Å². The van der Waals surface area contributed by atoms with E-state index in [9.17, 15) is 24.8 Å². The van der Waals surface area contributed by atoms with Crippen molar-refractivity contribution in [1.82, 2.24) is 15.5 Å². The summed E-state index contributed by atoms with van der Waals surface area (Å²) in [6.45, 7) is 2.07. The van der Waals surface area contributed by atoms with Crippen molar-refractivity contribution in [2.45, 2.75) is 44.6 Å². The van der Waals surface area contributed by atoms with E-state index in [1.165, 1.54) is 18.2 Å².